The minimum Gasteiger partial charge on any atom is -0.488 e. The molecule has 43 heavy (non-hydrogen) atoms. The number of amides is 1. The van der Waals surface area contributed by atoms with Crippen LogP contribution in [0.25, 0.3) is 22.0 Å². The molecule has 10 heteroatoms. The lowest BCUT2D eigenvalue weighted by atomic mass is 9.91. The van der Waals surface area contributed by atoms with Gasteiger partial charge in [0.25, 0.3) is 0 Å². The summed E-state index contributed by atoms with van der Waals surface area (Å²) in [6.07, 6.45) is 2.00. The lowest BCUT2D eigenvalue weighted by Gasteiger charge is -2.45. The number of halogens is 1. The van der Waals surface area contributed by atoms with Crippen molar-refractivity contribution in [2.24, 2.45) is 0 Å². The molecule has 0 N–H and O–H groups in total. The largest absolute Gasteiger partial charge is 0.488 e. The van der Waals surface area contributed by atoms with Crippen LogP contribution in [-0.4, -0.2) is 89.9 Å². The van der Waals surface area contributed by atoms with E-state index in [9.17, 15) is 9.59 Å². The molecule has 0 radical (unpaired) electrons. The highest BCUT2D eigenvalue weighted by Gasteiger charge is 2.36. The predicted molar refractivity (Wildman–Crippen MR) is 165 cm³/mol. The summed E-state index contributed by atoms with van der Waals surface area (Å²) in [5.74, 6) is 0.665. The number of anilines is 1. The SMILES string of the molecule is C=CC(=O)N1CC(C)N(c2nc(=O)n3c4c(c(-c5c(F)cccc5CC)c(C)cc24)OCC3CN2CCOCC2)C[C@H]1C. The topological polar surface area (TPSA) is 80.1 Å². The van der Waals surface area contributed by atoms with Crippen molar-refractivity contribution in [3.8, 4) is 16.9 Å². The minimum absolute atomic E-state index is 0.0965. The van der Waals surface area contributed by atoms with Gasteiger partial charge in [0.05, 0.1) is 24.8 Å². The molecule has 9 nitrogen and oxygen atoms in total. The Hall–Kier alpha value is -3.76. The van der Waals surface area contributed by atoms with Crippen LogP contribution in [0.2, 0.25) is 0 Å². The second-order valence-electron chi connectivity index (χ2n) is 11.9. The normalized spacial score (nSPS) is 22.5. The zero-order valence-electron chi connectivity index (χ0n) is 25.4. The molecule has 3 aliphatic heterocycles. The predicted octanol–water partition coefficient (Wildman–Crippen LogP) is 3.95. The number of hydrogen-bond acceptors (Lipinski definition) is 7. The van der Waals surface area contributed by atoms with Crippen molar-refractivity contribution in [1.29, 1.82) is 0 Å². The van der Waals surface area contributed by atoms with Gasteiger partial charge in [0.2, 0.25) is 5.91 Å². The van der Waals surface area contributed by atoms with Crippen LogP contribution in [0.15, 0.2) is 41.7 Å². The number of nitrogens with zero attached hydrogens (tertiary/aromatic N) is 5. The van der Waals surface area contributed by atoms with Gasteiger partial charge in [0, 0.05) is 61.3 Å². The second-order valence-corrected chi connectivity index (χ2v) is 11.9. The molecule has 3 aliphatic rings. The summed E-state index contributed by atoms with van der Waals surface area (Å²) >= 11 is 0. The van der Waals surface area contributed by atoms with E-state index in [1.165, 1.54) is 12.1 Å². The quantitative estimate of drug-likeness (QED) is 0.403. The maximum absolute atomic E-state index is 15.6. The van der Waals surface area contributed by atoms with Crippen molar-refractivity contribution in [2.45, 2.75) is 52.2 Å². The van der Waals surface area contributed by atoms with Crippen LogP contribution in [0.1, 0.15) is 37.9 Å². The van der Waals surface area contributed by atoms with Gasteiger partial charge in [-0.3, -0.25) is 14.3 Å². The zero-order chi connectivity index (χ0) is 30.4. The lowest BCUT2D eigenvalue weighted by Crippen LogP contribution is -2.58. The molecule has 0 bridgehead atoms. The summed E-state index contributed by atoms with van der Waals surface area (Å²) in [4.78, 5) is 37.5. The molecule has 6 rings (SSSR count). The third-order valence-electron chi connectivity index (χ3n) is 9.15. The van der Waals surface area contributed by atoms with Crippen LogP contribution in [0, 0.1) is 12.7 Å². The molecule has 0 aliphatic carbocycles. The highest BCUT2D eigenvalue weighted by atomic mass is 19.1. The molecule has 228 valence electrons. The van der Waals surface area contributed by atoms with E-state index in [-0.39, 0.29) is 42.1 Å². The molecular formula is C33H40FN5O4. The van der Waals surface area contributed by atoms with Crippen molar-refractivity contribution in [1.82, 2.24) is 19.4 Å². The number of piperazine rings is 1. The maximum Gasteiger partial charge on any atom is 0.350 e. The lowest BCUT2D eigenvalue weighted by molar-refractivity contribution is -0.128. The van der Waals surface area contributed by atoms with E-state index in [1.54, 1.807) is 15.5 Å². The van der Waals surface area contributed by atoms with Gasteiger partial charge in [0.15, 0.2) is 5.75 Å². The fourth-order valence-corrected chi connectivity index (χ4v) is 6.96. The summed E-state index contributed by atoms with van der Waals surface area (Å²) < 4.78 is 29.5. The van der Waals surface area contributed by atoms with E-state index in [0.717, 1.165) is 29.6 Å². The van der Waals surface area contributed by atoms with Gasteiger partial charge in [-0.25, -0.2) is 9.18 Å². The van der Waals surface area contributed by atoms with Crippen LogP contribution in [0.4, 0.5) is 10.2 Å². The summed E-state index contributed by atoms with van der Waals surface area (Å²) in [6, 6.07) is 6.71. The number of benzene rings is 2. The molecule has 2 aromatic carbocycles. The number of aryl methyl sites for hydroxylation is 2. The minimum atomic E-state index is -0.353. The monoisotopic (exact) mass is 589 g/mol. The van der Waals surface area contributed by atoms with Gasteiger partial charge in [-0.05, 0) is 56.5 Å². The van der Waals surface area contributed by atoms with Crippen LogP contribution in [0.5, 0.6) is 5.75 Å². The molecule has 4 heterocycles. The summed E-state index contributed by atoms with van der Waals surface area (Å²) in [5.41, 5.74) is 3.22. The van der Waals surface area contributed by atoms with Crippen molar-refractivity contribution in [3.05, 3.63) is 64.3 Å². The molecule has 2 fully saturated rings. The van der Waals surface area contributed by atoms with Gasteiger partial charge in [-0.15, -0.1) is 0 Å². The average molecular weight is 590 g/mol. The Labute approximate surface area is 251 Å². The van der Waals surface area contributed by atoms with Crippen LogP contribution < -0.4 is 15.3 Å². The van der Waals surface area contributed by atoms with E-state index in [4.69, 9.17) is 14.5 Å². The Morgan fingerprint density at radius 2 is 1.93 bits per heavy atom. The van der Waals surface area contributed by atoms with Gasteiger partial charge in [-0.2, -0.15) is 4.98 Å². The van der Waals surface area contributed by atoms with Crippen LogP contribution in [0.3, 0.4) is 0 Å². The molecule has 2 saturated heterocycles. The Morgan fingerprint density at radius 3 is 2.65 bits per heavy atom. The average Bonchev–Trinajstić information content (AvgIpc) is 3.00. The van der Waals surface area contributed by atoms with E-state index >= 15 is 4.39 Å². The summed E-state index contributed by atoms with van der Waals surface area (Å²) in [7, 11) is 0. The molecule has 1 amide bonds. The summed E-state index contributed by atoms with van der Waals surface area (Å²) in [6.45, 7) is 16.4. The van der Waals surface area contributed by atoms with Crippen molar-refractivity contribution in [2.75, 3.05) is 57.4 Å². The Kier molecular flexibility index (Phi) is 8.00. The molecule has 0 spiro atoms. The first-order valence-electron chi connectivity index (χ1n) is 15.2. The van der Waals surface area contributed by atoms with Gasteiger partial charge < -0.3 is 19.3 Å². The smallest absolute Gasteiger partial charge is 0.350 e. The second kappa shape index (κ2) is 11.7. The molecular weight excluding hydrogens is 549 g/mol. The molecule has 2 unspecified atom stereocenters. The molecule has 3 aromatic rings. The number of aromatic nitrogens is 2. The fourth-order valence-electron chi connectivity index (χ4n) is 6.96. The number of rotatable bonds is 6. The van der Waals surface area contributed by atoms with E-state index in [0.29, 0.717) is 67.5 Å². The van der Waals surface area contributed by atoms with E-state index in [1.807, 2.05) is 39.8 Å². The summed E-state index contributed by atoms with van der Waals surface area (Å²) in [5, 5.41) is 0.791. The van der Waals surface area contributed by atoms with Gasteiger partial charge in [0.1, 0.15) is 18.2 Å². The number of hydrogen-bond donors (Lipinski definition) is 0. The first-order chi connectivity index (χ1) is 20.7. The zero-order valence-corrected chi connectivity index (χ0v) is 25.4. The Bertz CT molecular complexity index is 1630. The third kappa shape index (κ3) is 5.10. The highest BCUT2D eigenvalue weighted by Crippen LogP contribution is 2.46. The van der Waals surface area contributed by atoms with Crippen LogP contribution in [-0.2, 0) is 16.0 Å². The molecule has 0 saturated carbocycles. The number of carbonyl (C=O) groups is 1. The Morgan fingerprint density at radius 1 is 1.16 bits per heavy atom. The first-order valence-corrected chi connectivity index (χ1v) is 15.2. The number of carbonyl (C=O) groups excluding carboxylic acids is 1. The van der Waals surface area contributed by atoms with Crippen molar-refractivity contribution < 1.29 is 18.7 Å². The van der Waals surface area contributed by atoms with E-state index < -0.39 is 0 Å². The third-order valence-corrected chi connectivity index (χ3v) is 9.15. The molecule has 1 aromatic heterocycles. The fraction of sp³-hybridized carbons (Fsp3) is 0.485. The van der Waals surface area contributed by atoms with E-state index in [2.05, 4.69) is 16.4 Å². The van der Waals surface area contributed by atoms with Crippen molar-refractivity contribution >= 4 is 22.6 Å². The Balaban J connectivity index is 1.57. The standard InChI is InChI=1S/C33H40FN5O4/c1-6-23-9-8-10-26(34)29(23)28-20(3)15-25-30-31(28)43-19-24(18-36-11-13-42-14-12-36)39(30)33(41)35-32(25)38-17-21(4)37(16-22(38)5)27(40)7-2/h7-10,15,21-22,24H,2,6,11-14,16-19H2,1,3-5H3/t21-,22?,24?/m1/s1. The number of morpholine rings is 1. The molecule has 3 atom stereocenters. The van der Waals surface area contributed by atoms with Gasteiger partial charge in [-0.1, -0.05) is 25.6 Å². The van der Waals surface area contributed by atoms with Crippen LogP contribution >= 0.6 is 0 Å². The first kappa shape index (κ1) is 29.3. The number of ether oxygens (including phenoxy) is 2. The van der Waals surface area contributed by atoms with Gasteiger partial charge >= 0.3 is 5.69 Å². The maximum atomic E-state index is 15.6. The van der Waals surface area contributed by atoms with Crippen molar-refractivity contribution in [3.63, 3.8) is 0 Å². The highest BCUT2D eigenvalue weighted by molar-refractivity contribution is 6.01.